The van der Waals surface area contributed by atoms with Crippen molar-refractivity contribution in [3.8, 4) is 0 Å². The molecule has 1 atom stereocenters. The molecule has 1 aliphatic carbocycles. The molecule has 0 spiro atoms. The highest BCUT2D eigenvalue weighted by Gasteiger charge is 2.23. The van der Waals surface area contributed by atoms with Crippen LogP contribution in [0.5, 0.6) is 0 Å². The first kappa shape index (κ1) is 17.2. The van der Waals surface area contributed by atoms with E-state index in [1.165, 1.54) is 35.9 Å². The molecule has 1 heterocycles. The maximum absolute atomic E-state index is 12.3. The van der Waals surface area contributed by atoms with Crippen LogP contribution in [0.1, 0.15) is 19.8 Å². The Hall–Kier alpha value is -0.640. The molecule has 1 unspecified atom stereocenters. The number of aromatic nitrogens is 2. The molecule has 0 bridgehead atoms. The summed E-state index contributed by atoms with van der Waals surface area (Å²) in [6.07, 6.45) is 2.39. The van der Waals surface area contributed by atoms with E-state index in [0.29, 0.717) is 6.04 Å². The first-order valence-electron chi connectivity index (χ1n) is 7.04. The van der Waals surface area contributed by atoms with Gasteiger partial charge in [-0.2, -0.15) is 0 Å². The van der Waals surface area contributed by atoms with Gasteiger partial charge in [-0.3, -0.25) is 4.79 Å². The highest BCUT2D eigenvalue weighted by Crippen LogP contribution is 2.33. The Bertz CT molecular complexity index is 721. The summed E-state index contributed by atoms with van der Waals surface area (Å²) in [6, 6.07) is 6.19. The molecule has 1 aromatic heterocycles. The lowest BCUT2D eigenvalue weighted by molar-refractivity contribution is -0.115. The summed E-state index contributed by atoms with van der Waals surface area (Å²) in [4.78, 5) is 12.3. The van der Waals surface area contributed by atoms with Gasteiger partial charge in [0.1, 0.15) is 0 Å². The standard InChI is InChI=1S/C14H14Br2N4OS2/c1-7(12(21)18-11-5-2-8(15)6-10(11)16)22-14-20-19-13(23-14)17-9-3-4-9/h2,5-7,9H,3-4H2,1H3,(H,17,19)(H,18,21). The van der Waals surface area contributed by atoms with Gasteiger partial charge in [0.15, 0.2) is 4.34 Å². The Balaban J connectivity index is 1.57. The molecule has 5 nitrogen and oxygen atoms in total. The van der Waals surface area contributed by atoms with Crippen LogP contribution in [0.4, 0.5) is 10.8 Å². The van der Waals surface area contributed by atoms with E-state index in [2.05, 4.69) is 52.7 Å². The summed E-state index contributed by atoms with van der Waals surface area (Å²) in [6.45, 7) is 1.86. The zero-order chi connectivity index (χ0) is 16.4. The third-order valence-electron chi connectivity index (χ3n) is 3.15. The van der Waals surface area contributed by atoms with E-state index >= 15 is 0 Å². The van der Waals surface area contributed by atoms with Crippen LogP contribution in [0, 0.1) is 0 Å². The van der Waals surface area contributed by atoms with Crippen LogP contribution in [-0.2, 0) is 4.79 Å². The smallest absolute Gasteiger partial charge is 0.237 e. The number of rotatable bonds is 6. The summed E-state index contributed by atoms with van der Waals surface area (Å²) < 4.78 is 2.59. The third kappa shape index (κ3) is 4.91. The normalized spacial score (nSPS) is 15.3. The molecule has 0 radical (unpaired) electrons. The number of nitrogens with zero attached hydrogens (tertiary/aromatic N) is 2. The number of carbonyl (C=O) groups is 1. The van der Waals surface area contributed by atoms with Gasteiger partial charge in [-0.25, -0.2) is 0 Å². The Morgan fingerprint density at radius 3 is 2.87 bits per heavy atom. The number of hydrogen-bond donors (Lipinski definition) is 2. The molecule has 9 heteroatoms. The zero-order valence-electron chi connectivity index (χ0n) is 12.2. The second kappa shape index (κ2) is 7.50. The molecule has 2 aromatic rings. The number of benzene rings is 1. The predicted octanol–water partition coefficient (Wildman–Crippen LogP) is 4.76. The van der Waals surface area contributed by atoms with Gasteiger partial charge in [0.2, 0.25) is 11.0 Å². The molecule has 3 rings (SSSR count). The number of thioether (sulfide) groups is 1. The molecular formula is C14H14Br2N4OS2. The van der Waals surface area contributed by atoms with Gasteiger partial charge in [-0.1, -0.05) is 39.0 Å². The minimum absolute atomic E-state index is 0.0649. The van der Waals surface area contributed by atoms with E-state index < -0.39 is 0 Å². The largest absolute Gasteiger partial charge is 0.357 e. The number of anilines is 2. The number of carbonyl (C=O) groups excluding carboxylic acids is 1. The van der Waals surface area contributed by atoms with Crippen molar-refractivity contribution in [1.29, 1.82) is 0 Å². The van der Waals surface area contributed by atoms with E-state index in [9.17, 15) is 4.79 Å². The summed E-state index contributed by atoms with van der Waals surface area (Å²) in [5, 5.41) is 15.0. The first-order valence-corrected chi connectivity index (χ1v) is 10.3. The number of amides is 1. The van der Waals surface area contributed by atoms with Crippen LogP contribution in [0.3, 0.4) is 0 Å². The van der Waals surface area contributed by atoms with Crippen molar-refractivity contribution in [3.05, 3.63) is 27.1 Å². The zero-order valence-corrected chi connectivity index (χ0v) is 17.0. The molecule has 1 saturated carbocycles. The lowest BCUT2D eigenvalue weighted by Gasteiger charge is -2.11. The van der Waals surface area contributed by atoms with Gasteiger partial charge in [-0.15, -0.1) is 10.2 Å². The Kier molecular flexibility index (Phi) is 5.61. The molecule has 1 aromatic carbocycles. The fourth-order valence-corrected chi connectivity index (χ4v) is 4.87. The summed E-state index contributed by atoms with van der Waals surface area (Å²) in [5.74, 6) is -0.0649. The molecule has 0 saturated heterocycles. The Morgan fingerprint density at radius 2 is 2.17 bits per heavy atom. The second-order valence-electron chi connectivity index (χ2n) is 5.17. The van der Waals surface area contributed by atoms with Crippen molar-refractivity contribution in [3.63, 3.8) is 0 Å². The number of halogens is 2. The molecule has 0 aliphatic heterocycles. The third-order valence-corrected chi connectivity index (χ3v) is 6.34. The molecule has 1 aliphatic rings. The first-order chi connectivity index (χ1) is 11.0. The lowest BCUT2D eigenvalue weighted by atomic mass is 10.3. The van der Waals surface area contributed by atoms with Gasteiger partial charge in [0, 0.05) is 15.0 Å². The van der Waals surface area contributed by atoms with Gasteiger partial charge in [-0.05, 0) is 53.9 Å². The minimum Gasteiger partial charge on any atom is -0.357 e. The maximum atomic E-state index is 12.3. The molecule has 122 valence electrons. The van der Waals surface area contributed by atoms with Gasteiger partial charge >= 0.3 is 0 Å². The van der Waals surface area contributed by atoms with Crippen LogP contribution in [0.15, 0.2) is 31.5 Å². The summed E-state index contributed by atoms with van der Waals surface area (Å²) in [5.41, 5.74) is 0.749. The van der Waals surface area contributed by atoms with Gasteiger partial charge in [0.25, 0.3) is 0 Å². The highest BCUT2D eigenvalue weighted by atomic mass is 79.9. The molecule has 1 amide bonds. The van der Waals surface area contributed by atoms with Gasteiger partial charge < -0.3 is 10.6 Å². The van der Waals surface area contributed by atoms with E-state index in [0.717, 1.165) is 24.1 Å². The van der Waals surface area contributed by atoms with Crippen LogP contribution in [0.25, 0.3) is 0 Å². The van der Waals surface area contributed by atoms with Crippen molar-refractivity contribution in [2.24, 2.45) is 0 Å². The minimum atomic E-state index is -0.257. The van der Waals surface area contributed by atoms with Crippen LogP contribution in [0.2, 0.25) is 0 Å². The van der Waals surface area contributed by atoms with Crippen LogP contribution in [-0.4, -0.2) is 27.4 Å². The second-order valence-corrected chi connectivity index (χ2v) is 9.50. The topological polar surface area (TPSA) is 66.9 Å². The average Bonchev–Trinajstić information content (AvgIpc) is 3.20. The highest BCUT2D eigenvalue weighted by molar-refractivity contribution is 9.11. The van der Waals surface area contributed by atoms with Crippen molar-refractivity contribution in [2.75, 3.05) is 10.6 Å². The van der Waals surface area contributed by atoms with E-state index in [4.69, 9.17) is 0 Å². The monoisotopic (exact) mass is 476 g/mol. The molecule has 23 heavy (non-hydrogen) atoms. The van der Waals surface area contributed by atoms with Crippen molar-refractivity contribution < 1.29 is 4.79 Å². The van der Waals surface area contributed by atoms with Crippen molar-refractivity contribution >= 4 is 71.7 Å². The van der Waals surface area contributed by atoms with Gasteiger partial charge in [0.05, 0.1) is 10.9 Å². The SMILES string of the molecule is CC(Sc1nnc(NC2CC2)s1)C(=O)Nc1ccc(Br)cc1Br. The van der Waals surface area contributed by atoms with E-state index in [-0.39, 0.29) is 11.2 Å². The average molecular weight is 478 g/mol. The Morgan fingerprint density at radius 1 is 1.39 bits per heavy atom. The summed E-state index contributed by atoms with van der Waals surface area (Å²) >= 11 is 9.75. The van der Waals surface area contributed by atoms with Crippen molar-refractivity contribution in [1.82, 2.24) is 10.2 Å². The quantitative estimate of drug-likeness (QED) is 0.587. The lowest BCUT2D eigenvalue weighted by Crippen LogP contribution is -2.22. The predicted molar refractivity (Wildman–Crippen MR) is 102 cm³/mol. The maximum Gasteiger partial charge on any atom is 0.237 e. The molecule has 2 N–H and O–H groups in total. The molecule has 1 fully saturated rings. The molecular weight excluding hydrogens is 464 g/mol. The van der Waals surface area contributed by atoms with Crippen molar-refractivity contribution in [2.45, 2.75) is 35.4 Å². The number of hydrogen-bond acceptors (Lipinski definition) is 6. The van der Waals surface area contributed by atoms with Crippen LogP contribution < -0.4 is 10.6 Å². The fourth-order valence-electron chi connectivity index (χ4n) is 1.75. The Labute approximate surface area is 159 Å². The fraction of sp³-hybridized carbons (Fsp3) is 0.357. The van der Waals surface area contributed by atoms with E-state index in [1.807, 2.05) is 25.1 Å². The number of nitrogens with one attached hydrogen (secondary N) is 2. The van der Waals surface area contributed by atoms with Crippen LogP contribution >= 0.6 is 55.0 Å². The summed E-state index contributed by atoms with van der Waals surface area (Å²) in [7, 11) is 0. The van der Waals surface area contributed by atoms with E-state index in [1.54, 1.807) is 0 Å².